The number of hydrogen-bond acceptors (Lipinski definition) is 2. The number of allylic oxidation sites excluding steroid dienone is 2. The van der Waals surface area contributed by atoms with Crippen LogP contribution in [0.25, 0.3) is 0 Å². The molecule has 1 fully saturated rings. The van der Waals surface area contributed by atoms with E-state index >= 15 is 0 Å². The highest BCUT2D eigenvalue weighted by atomic mass is 16.6. The lowest BCUT2D eigenvalue weighted by Gasteiger charge is -2.13. The van der Waals surface area contributed by atoms with Gasteiger partial charge in [-0.3, -0.25) is 4.79 Å². The van der Waals surface area contributed by atoms with E-state index < -0.39 is 5.60 Å². The number of hydrogen-bond donors (Lipinski definition) is 0. The third kappa shape index (κ3) is 1.90. The Kier molecular flexibility index (Phi) is 2.48. The van der Waals surface area contributed by atoms with E-state index in [-0.39, 0.29) is 11.7 Å². The molecule has 0 aromatic rings. The molecule has 1 aliphatic heterocycles. The number of epoxide rings is 1. The van der Waals surface area contributed by atoms with E-state index in [1.807, 2.05) is 13.8 Å². The minimum Gasteiger partial charge on any atom is -0.362 e. The van der Waals surface area contributed by atoms with Gasteiger partial charge in [-0.05, 0) is 32.6 Å². The van der Waals surface area contributed by atoms with Crippen molar-refractivity contribution in [3.8, 4) is 0 Å². The van der Waals surface area contributed by atoms with Crippen molar-refractivity contribution >= 4 is 5.78 Å². The first-order chi connectivity index (χ1) is 6.62. The van der Waals surface area contributed by atoms with Crippen LogP contribution in [-0.4, -0.2) is 18.0 Å². The molecule has 0 unspecified atom stereocenters. The lowest BCUT2D eigenvalue weighted by Crippen LogP contribution is -2.27. The molecule has 0 saturated carbocycles. The van der Waals surface area contributed by atoms with Gasteiger partial charge in [0.05, 0.1) is 6.61 Å². The molecule has 2 atom stereocenters. The fraction of sp³-hybridized carbons (Fsp3) is 0.750. The Morgan fingerprint density at radius 2 is 2.43 bits per heavy atom. The highest BCUT2D eigenvalue weighted by Gasteiger charge is 2.48. The zero-order chi connectivity index (χ0) is 10.2. The average molecular weight is 194 g/mol. The smallest absolute Gasteiger partial charge is 0.169 e. The molecule has 2 rings (SSSR count). The van der Waals surface area contributed by atoms with E-state index in [0.717, 1.165) is 6.42 Å². The van der Waals surface area contributed by atoms with Gasteiger partial charge in [0.2, 0.25) is 0 Å². The van der Waals surface area contributed by atoms with Crippen molar-refractivity contribution in [2.75, 3.05) is 6.61 Å². The first-order valence-corrected chi connectivity index (χ1v) is 5.48. The van der Waals surface area contributed by atoms with Crippen molar-refractivity contribution in [2.45, 2.75) is 45.1 Å². The summed E-state index contributed by atoms with van der Waals surface area (Å²) >= 11 is 0. The van der Waals surface area contributed by atoms with Gasteiger partial charge in [0, 0.05) is 5.92 Å². The van der Waals surface area contributed by atoms with Gasteiger partial charge in [0.15, 0.2) is 5.78 Å². The van der Waals surface area contributed by atoms with Crippen molar-refractivity contribution in [1.82, 2.24) is 0 Å². The SMILES string of the molecule is C[C@@H](CC1=CCCC1)C(=O)[C@]1(C)CO1. The number of rotatable bonds is 4. The number of Topliss-reactive ketones (excluding diaryl/α,β-unsaturated/α-hetero) is 1. The van der Waals surface area contributed by atoms with Crippen LogP contribution >= 0.6 is 0 Å². The summed E-state index contributed by atoms with van der Waals surface area (Å²) in [6.07, 6.45) is 6.89. The zero-order valence-corrected chi connectivity index (χ0v) is 9.01. The molecule has 0 aromatic heterocycles. The molecular weight excluding hydrogens is 176 g/mol. The number of carbonyl (C=O) groups excluding carboxylic acids is 1. The summed E-state index contributed by atoms with van der Waals surface area (Å²) in [7, 11) is 0. The van der Waals surface area contributed by atoms with Gasteiger partial charge >= 0.3 is 0 Å². The Labute approximate surface area is 85.3 Å². The molecule has 1 aliphatic carbocycles. The largest absolute Gasteiger partial charge is 0.362 e. The van der Waals surface area contributed by atoms with Crippen LogP contribution in [0.4, 0.5) is 0 Å². The number of ketones is 1. The normalized spacial score (nSPS) is 32.6. The Bertz CT molecular complexity index is 274. The zero-order valence-electron chi connectivity index (χ0n) is 9.01. The maximum Gasteiger partial charge on any atom is 0.169 e. The Balaban J connectivity index is 1.88. The third-order valence-electron chi connectivity index (χ3n) is 3.25. The summed E-state index contributed by atoms with van der Waals surface area (Å²) in [5, 5.41) is 0. The molecule has 78 valence electrons. The van der Waals surface area contributed by atoms with Crippen LogP contribution < -0.4 is 0 Å². The Hall–Kier alpha value is -0.630. The molecule has 1 heterocycles. The van der Waals surface area contributed by atoms with E-state index in [1.165, 1.54) is 24.8 Å². The van der Waals surface area contributed by atoms with E-state index in [9.17, 15) is 4.79 Å². The lowest BCUT2D eigenvalue weighted by atomic mass is 9.90. The first kappa shape index (κ1) is 9.91. The molecule has 0 spiro atoms. The summed E-state index contributed by atoms with van der Waals surface area (Å²) in [5.41, 5.74) is 1.04. The molecule has 0 amide bonds. The van der Waals surface area contributed by atoms with Crippen LogP contribution in [0.5, 0.6) is 0 Å². The second kappa shape index (κ2) is 3.50. The van der Waals surface area contributed by atoms with E-state index in [0.29, 0.717) is 6.61 Å². The van der Waals surface area contributed by atoms with Crippen molar-refractivity contribution in [3.63, 3.8) is 0 Å². The first-order valence-electron chi connectivity index (χ1n) is 5.48. The van der Waals surface area contributed by atoms with Gasteiger partial charge in [-0.2, -0.15) is 0 Å². The molecular formula is C12H18O2. The van der Waals surface area contributed by atoms with Gasteiger partial charge in [-0.15, -0.1) is 0 Å². The quantitative estimate of drug-likeness (QED) is 0.508. The van der Waals surface area contributed by atoms with Gasteiger partial charge < -0.3 is 4.74 Å². The lowest BCUT2D eigenvalue weighted by molar-refractivity contribution is -0.127. The average Bonchev–Trinajstić information content (AvgIpc) is 2.71. The minimum atomic E-state index is -0.432. The second-order valence-corrected chi connectivity index (χ2v) is 4.74. The molecule has 2 heteroatoms. The second-order valence-electron chi connectivity index (χ2n) is 4.74. The van der Waals surface area contributed by atoms with E-state index in [4.69, 9.17) is 4.74 Å². The van der Waals surface area contributed by atoms with Crippen molar-refractivity contribution in [2.24, 2.45) is 5.92 Å². The summed E-state index contributed by atoms with van der Waals surface area (Å²) in [4.78, 5) is 11.9. The topological polar surface area (TPSA) is 29.6 Å². The van der Waals surface area contributed by atoms with Crippen molar-refractivity contribution in [3.05, 3.63) is 11.6 Å². The summed E-state index contributed by atoms with van der Waals surface area (Å²) in [6, 6.07) is 0. The van der Waals surface area contributed by atoms with Crippen LogP contribution in [0.15, 0.2) is 11.6 Å². The molecule has 0 aromatic carbocycles. The van der Waals surface area contributed by atoms with Gasteiger partial charge in [-0.25, -0.2) is 0 Å². The standard InChI is InChI=1S/C12H18O2/c1-9(7-10-5-3-4-6-10)11(13)12(2)8-14-12/h5,9H,3-4,6-8H2,1-2H3/t9-,12-/m0/s1. The van der Waals surface area contributed by atoms with E-state index in [2.05, 4.69) is 6.08 Å². The van der Waals surface area contributed by atoms with Gasteiger partial charge in [0.1, 0.15) is 5.60 Å². The molecule has 0 N–H and O–H groups in total. The highest BCUT2D eigenvalue weighted by Crippen LogP contribution is 2.33. The summed E-state index contributed by atoms with van der Waals surface area (Å²) < 4.78 is 5.17. The molecule has 2 nitrogen and oxygen atoms in total. The Morgan fingerprint density at radius 1 is 1.71 bits per heavy atom. The van der Waals surface area contributed by atoms with Crippen LogP contribution in [0.2, 0.25) is 0 Å². The maximum atomic E-state index is 11.9. The maximum absolute atomic E-state index is 11.9. The molecule has 1 saturated heterocycles. The molecule has 14 heavy (non-hydrogen) atoms. The van der Waals surface area contributed by atoms with Gasteiger partial charge in [-0.1, -0.05) is 18.6 Å². The monoisotopic (exact) mass is 194 g/mol. The van der Waals surface area contributed by atoms with Crippen LogP contribution in [0.1, 0.15) is 39.5 Å². The van der Waals surface area contributed by atoms with Crippen LogP contribution in [0.3, 0.4) is 0 Å². The Morgan fingerprint density at radius 3 is 2.93 bits per heavy atom. The molecule has 2 aliphatic rings. The molecule has 0 radical (unpaired) electrons. The molecule has 0 bridgehead atoms. The van der Waals surface area contributed by atoms with Crippen LogP contribution in [0, 0.1) is 5.92 Å². The fourth-order valence-electron chi connectivity index (χ4n) is 2.18. The van der Waals surface area contributed by atoms with Crippen molar-refractivity contribution < 1.29 is 9.53 Å². The number of carbonyl (C=O) groups is 1. The minimum absolute atomic E-state index is 0.131. The summed E-state index contributed by atoms with van der Waals surface area (Å²) in [6.45, 7) is 4.54. The van der Waals surface area contributed by atoms with Crippen molar-refractivity contribution in [1.29, 1.82) is 0 Å². The predicted octanol–water partition coefficient (Wildman–Crippen LogP) is 2.48. The van der Waals surface area contributed by atoms with Crippen LogP contribution in [-0.2, 0) is 9.53 Å². The highest BCUT2D eigenvalue weighted by molar-refractivity contribution is 5.91. The fourth-order valence-corrected chi connectivity index (χ4v) is 2.18. The third-order valence-corrected chi connectivity index (χ3v) is 3.25. The summed E-state index contributed by atoms with van der Waals surface area (Å²) in [5.74, 6) is 0.414. The predicted molar refractivity (Wildman–Crippen MR) is 55.1 cm³/mol. The van der Waals surface area contributed by atoms with Gasteiger partial charge in [0.25, 0.3) is 0 Å². The van der Waals surface area contributed by atoms with E-state index in [1.54, 1.807) is 0 Å². The number of ether oxygens (including phenoxy) is 1.